The van der Waals surface area contributed by atoms with Gasteiger partial charge in [-0.05, 0) is 72.5 Å². The van der Waals surface area contributed by atoms with Crippen LogP contribution >= 0.6 is 0 Å². The Morgan fingerprint density at radius 2 is 1.27 bits per heavy atom. The number of carbonyl (C=O) groups excluding carboxylic acids is 1. The van der Waals surface area contributed by atoms with E-state index in [0.717, 1.165) is 79.2 Å². The van der Waals surface area contributed by atoms with E-state index >= 15 is 0 Å². The Bertz CT molecular complexity index is 1760. The molecule has 0 fully saturated rings. The first kappa shape index (κ1) is 25.2. The maximum absolute atomic E-state index is 12.7. The van der Waals surface area contributed by atoms with Crippen LogP contribution in [0, 0.1) is 13.8 Å². The maximum atomic E-state index is 12.7. The quantitative estimate of drug-likeness (QED) is 0.245. The Balaban J connectivity index is 1.49. The lowest BCUT2D eigenvalue weighted by atomic mass is 9.74. The number of benzene rings is 4. The van der Waals surface area contributed by atoms with Crippen LogP contribution in [0.5, 0.6) is 11.5 Å². The predicted molar refractivity (Wildman–Crippen MR) is 161 cm³/mol. The van der Waals surface area contributed by atoms with E-state index in [2.05, 4.69) is 62.4 Å². The molecule has 41 heavy (non-hydrogen) atoms. The van der Waals surface area contributed by atoms with Crippen LogP contribution < -0.4 is 9.47 Å². The van der Waals surface area contributed by atoms with Crippen LogP contribution in [-0.4, -0.2) is 20.5 Å². The summed E-state index contributed by atoms with van der Waals surface area (Å²) in [5.41, 5.74) is 10.4. The van der Waals surface area contributed by atoms with Crippen molar-refractivity contribution in [3.8, 4) is 11.5 Å². The number of fused-ring (bicyclic) bond motifs is 7. The average molecular weight is 539 g/mol. The van der Waals surface area contributed by atoms with Crippen molar-refractivity contribution in [1.29, 1.82) is 0 Å². The third-order valence-electron chi connectivity index (χ3n) is 8.59. The van der Waals surface area contributed by atoms with Crippen LogP contribution in [0.1, 0.15) is 50.4 Å². The number of carbonyl (C=O) groups is 1. The largest absolute Gasteiger partial charge is 0.497 e. The van der Waals surface area contributed by atoms with Gasteiger partial charge in [-0.3, -0.25) is 4.79 Å². The molecular formula is C37H30O4. The molecule has 0 saturated carbocycles. The fourth-order valence-electron chi connectivity index (χ4n) is 6.57. The molecule has 0 aromatic heterocycles. The van der Waals surface area contributed by atoms with Gasteiger partial charge in [0, 0.05) is 33.8 Å². The van der Waals surface area contributed by atoms with Gasteiger partial charge in [0.15, 0.2) is 11.9 Å². The van der Waals surface area contributed by atoms with Gasteiger partial charge >= 0.3 is 0 Å². The Morgan fingerprint density at radius 1 is 0.732 bits per heavy atom. The summed E-state index contributed by atoms with van der Waals surface area (Å²) >= 11 is 0. The molecule has 1 heterocycles. The minimum atomic E-state index is -0.908. The van der Waals surface area contributed by atoms with Crippen LogP contribution in [0.2, 0.25) is 0 Å². The molecule has 4 heteroatoms. The molecule has 4 aromatic carbocycles. The Morgan fingerprint density at radius 3 is 1.80 bits per heavy atom. The van der Waals surface area contributed by atoms with Gasteiger partial charge in [0.25, 0.3) is 0 Å². The molecule has 0 N–H and O–H groups in total. The van der Waals surface area contributed by atoms with E-state index in [-0.39, 0.29) is 5.92 Å². The van der Waals surface area contributed by atoms with Crippen LogP contribution in [0.4, 0.5) is 0 Å². The number of hydrogen-bond donors (Lipinski definition) is 0. The zero-order valence-electron chi connectivity index (χ0n) is 23.5. The predicted octanol–water partition coefficient (Wildman–Crippen LogP) is 7.67. The summed E-state index contributed by atoms with van der Waals surface area (Å²) in [5.74, 6) is 2.31. The second-order valence-corrected chi connectivity index (χ2v) is 10.9. The van der Waals surface area contributed by atoms with Gasteiger partial charge in [-0.1, -0.05) is 71.8 Å². The highest BCUT2D eigenvalue weighted by Gasteiger charge is 2.45. The fraction of sp³-hybridized carbons (Fsp3) is 0.162. The molecule has 4 aromatic rings. The lowest BCUT2D eigenvalue weighted by Crippen LogP contribution is -2.32. The summed E-state index contributed by atoms with van der Waals surface area (Å²) in [6, 6.07) is 29.0. The molecule has 1 unspecified atom stereocenters. The molecule has 2 aliphatic carbocycles. The summed E-state index contributed by atoms with van der Waals surface area (Å²) in [6.45, 7) is 4.17. The van der Waals surface area contributed by atoms with E-state index in [1.54, 1.807) is 14.2 Å². The molecule has 4 nitrogen and oxygen atoms in total. The fourth-order valence-corrected chi connectivity index (χ4v) is 6.57. The number of methoxy groups -OCH3 is 2. The maximum Gasteiger partial charge on any atom is 0.178 e. The van der Waals surface area contributed by atoms with Crippen molar-refractivity contribution in [2.24, 2.45) is 0 Å². The number of hydrogen-bond acceptors (Lipinski definition) is 4. The van der Waals surface area contributed by atoms with Crippen molar-refractivity contribution in [2.45, 2.75) is 25.4 Å². The second kappa shape index (κ2) is 9.38. The molecule has 0 radical (unpaired) electrons. The minimum Gasteiger partial charge on any atom is -0.497 e. The standard InChI is InChI=1S/C37H30O4/c1-22-5-15-28-31(19-22)33(21-38)35-30-17-18-37(24-7-11-26(39-3)12-8-24,25-9-13-27(40-4)14-10-25)41-36(30)32-20-23(2)6-16-29(32)34(28)35/h5-21,34H,1-4H3. The summed E-state index contributed by atoms with van der Waals surface area (Å²) in [5, 5.41) is 0. The number of aldehydes is 1. The lowest BCUT2D eigenvalue weighted by molar-refractivity contribution is -0.103. The van der Waals surface area contributed by atoms with E-state index in [1.165, 1.54) is 5.56 Å². The van der Waals surface area contributed by atoms with Crippen molar-refractivity contribution in [3.05, 3.63) is 153 Å². The minimum absolute atomic E-state index is 0.0251. The van der Waals surface area contributed by atoms with Crippen molar-refractivity contribution in [1.82, 2.24) is 0 Å². The molecule has 0 saturated heterocycles. The van der Waals surface area contributed by atoms with Crippen molar-refractivity contribution < 1.29 is 19.0 Å². The summed E-state index contributed by atoms with van der Waals surface area (Å²) < 4.78 is 18.2. The van der Waals surface area contributed by atoms with Crippen LogP contribution in [0.15, 0.2) is 108 Å². The van der Waals surface area contributed by atoms with Gasteiger partial charge in [0.2, 0.25) is 0 Å². The van der Waals surface area contributed by atoms with Crippen LogP contribution in [0.3, 0.4) is 0 Å². The zero-order valence-corrected chi connectivity index (χ0v) is 23.5. The van der Waals surface area contributed by atoms with Crippen molar-refractivity contribution >= 4 is 17.6 Å². The molecule has 0 bridgehead atoms. The Labute approximate surface area is 240 Å². The number of allylic oxidation sites excluding steroid dienone is 4. The zero-order chi connectivity index (χ0) is 28.3. The van der Waals surface area contributed by atoms with E-state index in [1.807, 2.05) is 48.5 Å². The normalized spacial score (nSPS) is 17.7. The monoisotopic (exact) mass is 538 g/mol. The number of aryl methyl sites for hydroxylation is 2. The van der Waals surface area contributed by atoms with Gasteiger partial charge in [0.05, 0.1) is 14.2 Å². The van der Waals surface area contributed by atoms with E-state index in [9.17, 15) is 4.79 Å². The van der Waals surface area contributed by atoms with E-state index in [4.69, 9.17) is 14.2 Å². The highest BCUT2D eigenvalue weighted by atomic mass is 16.5. The van der Waals surface area contributed by atoms with Gasteiger partial charge in [0.1, 0.15) is 17.3 Å². The second-order valence-electron chi connectivity index (χ2n) is 10.9. The van der Waals surface area contributed by atoms with Gasteiger partial charge < -0.3 is 14.2 Å². The summed E-state index contributed by atoms with van der Waals surface area (Å²) in [4.78, 5) is 12.7. The first-order valence-electron chi connectivity index (χ1n) is 13.8. The molecule has 1 aliphatic heterocycles. The molecule has 1 atom stereocenters. The van der Waals surface area contributed by atoms with Crippen LogP contribution in [0.25, 0.3) is 11.3 Å². The topological polar surface area (TPSA) is 44.8 Å². The molecule has 0 amide bonds. The summed E-state index contributed by atoms with van der Waals surface area (Å²) in [7, 11) is 3.33. The summed E-state index contributed by atoms with van der Waals surface area (Å²) in [6.07, 6.45) is 5.29. The third kappa shape index (κ3) is 3.71. The Kier molecular flexibility index (Phi) is 5.75. The molecule has 0 spiro atoms. The average Bonchev–Trinajstić information content (AvgIpc) is 3.34. The van der Waals surface area contributed by atoms with Crippen molar-refractivity contribution in [2.75, 3.05) is 14.2 Å². The van der Waals surface area contributed by atoms with Gasteiger partial charge in [-0.25, -0.2) is 0 Å². The molecular weight excluding hydrogens is 508 g/mol. The van der Waals surface area contributed by atoms with Crippen LogP contribution in [-0.2, 0) is 15.1 Å². The molecule has 202 valence electrons. The number of rotatable bonds is 5. The SMILES string of the molecule is COc1ccc(C2(c3ccc(OC)cc3)C=CC3=C(O2)c2cc(C)ccc2C2C3=C(C=O)c3cc(C)ccc32)cc1. The molecule has 7 rings (SSSR count). The smallest absolute Gasteiger partial charge is 0.178 e. The van der Waals surface area contributed by atoms with Gasteiger partial charge in [-0.2, -0.15) is 0 Å². The highest BCUT2D eigenvalue weighted by molar-refractivity contribution is 6.14. The highest BCUT2D eigenvalue weighted by Crippen LogP contribution is 2.57. The molecule has 3 aliphatic rings. The Hall–Kier alpha value is -4.83. The van der Waals surface area contributed by atoms with E-state index < -0.39 is 5.60 Å². The van der Waals surface area contributed by atoms with Crippen molar-refractivity contribution in [3.63, 3.8) is 0 Å². The first-order valence-corrected chi connectivity index (χ1v) is 13.8. The first-order chi connectivity index (χ1) is 20.0. The van der Waals surface area contributed by atoms with Gasteiger partial charge in [-0.15, -0.1) is 0 Å². The third-order valence-corrected chi connectivity index (χ3v) is 8.59. The lowest BCUT2D eigenvalue weighted by Gasteiger charge is -2.41. The van der Waals surface area contributed by atoms with E-state index in [0.29, 0.717) is 0 Å². The number of ether oxygens (including phenoxy) is 3.